The van der Waals surface area contributed by atoms with E-state index in [2.05, 4.69) is 4.72 Å². The summed E-state index contributed by atoms with van der Waals surface area (Å²) in [5.41, 5.74) is 0.748. The molecular weight excluding hydrogens is 284 g/mol. The van der Waals surface area contributed by atoms with Crippen molar-refractivity contribution < 1.29 is 8.42 Å². The first-order valence-corrected chi connectivity index (χ1v) is 8.20. The monoisotopic (exact) mass is 300 g/mol. The van der Waals surface area contributed by atoms with Crippen LogP contribution in [0.15, 0.2) is 27.9 Å². The van der Waals surface area contributed by atoms with Gasteiger partial charge in [0.2, 0.25) is 10.0 Å². The summed E-state index contributed by atoms with van der Waals surface area (Å²) < 4.78 is 28.9. The van der Waals surface area contributed by atoms with Crippen LogP contribution in [0.1, 0.15) is 13.8 Å². The number of nitrogens with zero attached hydrogens (tertiary/aromatic N) is 1. The molecule has 2 aromatic rings. The van der Waals surface area contributed by atoms with Crippen LogP contribution in [0.2, 0.25) is 0 Å². The summed E-state index contributed by atoms with van der Waals surface area (Å²) in [7, 11) is -1.83. The zero-order chi connectivity index (χ0) is 14.2. The molecule has 1 heterocycles. The Balaban J connectivity index is 2.43. The highest BCUT2D eigenvalue weighted by molar-refractivity contribution is 7.89. The quantitative estimate of drug-likeness (QED) is 0.931. The second kappa shape index (κ2) is 5.07. The van der Waals surface area contributed by atoms with Crippen molar-refractivity contribution in [3.8, 4) is 0 Å². The van der Waals surface area contributed by atoms with E-state index in [1.54, 1.807) is 19.2 Å². The first kappa shape index (κ1) is 14.2. The number of hydrogen-bond donors (Lipinski definition) is 1. The van der Waals surface area contributed by atoms with Gasteiger partial charge in [0, 0.05) is 13.6 Å². The highest BCUT2D eigenvalue weighted by Gasteiger charge is 2.16. The summed E-state index contributed by atoms with van der Waals surface area (Å²) in [6.07, 6.45) is 0. The number of fused-ring (bicyclic) bond motifs is 1. The lowest BCUT2D eigenvalue weighted by Gasteiger charge is -2.08. The maximum Gasteiger partial charge on any atom is 0.307 e. The van der Waals surface area contributed by atoms with Gasteiger partial charge >= 0.3 is 4.87 Å². The van der Waals surface area contributed by atoms with Crippen LogP contribution in [0.3, 0.4) is 0 Å². The molecule has 0 fully saturated rings. The van der Waals surface area contributed by atoms with Gasteiger partial charge in [-0.05, 0) is 24.1 Å². The minimum atomic E-state index is -3.51. The minimum absolute atomic E-state index is 0.0975. The SMILES string of the molecule is CC(C)CNS(=O)(=O)c1ccc2c(c1)sc(=O)n2C. The van der Waals surface area contributed by atoms with E-state index in [-0.39, 0.29) is 15.7 Å². The van der Waals surface area contributed by atoms with Crippen LogP contribution in [0.25, 0.3) is 10.2 Å². The van der Waals surface area contributed by atoms with Gasteiger partial charge in [0.05, 0.1) is 15.1 Å². The number of benzene rings is 1. The smallest absolute Gasteiger partial charge is 0.302 e. The maximum absolute atomic E-state index is 12.1. The van der Waals surface area contributed by atoms with Crippen molar-refractivity contribution in [2.24, 2.45) is 13.0 Å². The second-order valence-electron chi connectivity index (χ2n) is 4.80. The minimum Gasteiger partial charge on any atom is -0.302 e. The van der Waals surface area contributed by atoms with Gasteiger partial charge in [-0.15, -0.1) is 0 Å². The van der Waals surface area contributed by atoms with Crippen molar-refractivity contribution in [3.63, 3.8) is 0 Å². The molecule has 7 heteroatoms. The number of nitrogens with one attached hydrogen (secondary N) is 1. The second-order valence-corrected chi connectivity index (χ2v) is 7.56. The lowest BCUT2D eigenvalue weighted by molar-refractivity contribution is 0.560. The van der Waals surface area contributed by atoms with Gasteiger partial charge in [-0.1, -0.05) is 25.2 Å². The highest BCUT2D eigenvalue weighted by Crippen LogP contribution is 2.21. The van der Waals surface area contributed by atoms with E-state index in [1.165, 1.54) is 10.6 Å². The van der Waals surface area contributed by atoms with Gasteiger partial charge in [-0.2, -0.15) is 0 Å². The third kappa shape index (κ3) is 2.88. The lowest BCUT2D eigenvalue weighted by Crippen LogP contribution is -2.27. The van der Waals surface area contributed by atoms with Crippen LogP contribution < -0.4 is 9.60 Å². The van der Waals surface area contributed by atoms with Crippen molar-refractivity contribution >= 4 is 31.6 Å². The van der Waals surface area contributed by atoms with Crippen LogP contribution in [0.4, 0.5) is 0 Å². The molecule has 1 aromatic heterocycles. The molecule has 0 atom stereocenters. The molecule has 5 nitrogen and oxygen atoms in total. The van der Waals surface area contributed by atoms with Crippen LogP contribution in [0, 0.1) is 5.92 Å². The molecular formula is C12H16N2O3S2. The third-order valence-electron chi connectivity index (χ3n) is 2.76. The van der Waals surface area contributed by atoms with Crippen molar-refractivity contribution in [1.29, 1.82) is 0 Å². The maximum atomic E-state index is 12.1. The Morgan fingerprint density at radius 3 is 2.68 bits per heavy atom. The van der Waals surface area contributed by atoms with E-state index in [9.17, 15) is 13.2 Å². The first-order valence-electron chi connectivity index (χ1n) is 5.90. The Morgan fingerprint density at radius 2 is 2.05 bits per heavy atom. The molecule has 19 heavy (non-hydrogen) atoms. The van der Waals surface area contributed by atoms with E-state index in [4.69, 9.17) is 0 Å². The Morgan fingerprint density at radius 1 is 1.37 bits per heavy atom. The Hall–Kier alpha value is -1.18. The fourth-order valence-electron chi connectivity index (χ4n) is 1.64. The molecule has 0 amide bonds. The standard InChI is InChI=1S/C12H16N2O3S2/c1-8(2)7-13-19(16,17)9-4-5-10-11(6-9)18-12(15)14(10)3/h4-6,8,13H,7H2,1-3H3. The van der Waals surface area contributed by atoms with Crippen LogP contribution in [-0.4, -0.2) is 19.5 Å². The van der Waals surface area contributed by atoms with E-state index in [0.29, 0.717) is 11.2 Å². The van der Waals surface area contributed by atoms with E-state index in [1.807, 2.05) is 13.8 Å². The Kier molecular flexibility index (Phi) is 3.80. The molecule has 0 bridgehead atoms. The van der Waals surface area contributed by atoms with Crippen molar-refractivity contribution in [2.45, 2.75) is 18.7 Å². The van der Waals surface area contributed by atoms with Crippen LogP contribution in [-0.2, 0) is 17.1 Å². The Labute approximate surface area is 115 Å². The number of hydrogen-bond acceptors (Lipinski definition) is 4. The third-order valence-corrected chi connectivity index (χ3v) is 5.17. The predicted octanol–water partition coefficient (Wildman–Crippen LogP) is 1.53. The molecule has 1 aromatic carbocycles. The molecule has 0 radical (unpaired) electrons. The lowest BCUT2D eigenvalue weighted by atomic mass is 10.2. The largest absolute Gasteiger partial charge is 0.307 e. The van der Waals surface area contributed by atoms with Crippen LogP contribution in [0.5, 0.6) is 0 Å². The molecule has 0 aliphatic rings. The van der Waals surface area contributed by atoms with Gasteiger partial charge in [0.1, 0.15) is 0 Å². The van der Waals surface area contributed by atoms with E-state index in [0.717, 1.165) is 16.9 Å². The van der Waals surface area contributed by atoms with Crippen molar-refractivity contribution in [2.75, 3.05) is 6.54 Å². The van der Waals surface area contributed by atoms with Gasteiger partial charge in [0.25, 0.3) is 0 Å². The summed E-state index contributed by atoms with van der Waals surface area (Å²) in [5.74, 6) is 0.242. The molecule has 0 unspecified atom stereocenters. The normalized spacial score (nSPS) is 12.4. The number of aromatic nitrogens is 1. The molecule has 0 saturated heterocycles. The van der Waals surface area contributed by atoms with Gasteiger partial charge in [-0.25, -0.2) is 13.1 Å². The summed E-state index contributed by atoms with van der Waals surface area (Å²) in [5, 5.41) is 0. The fraction of sp³-hybridized carbons (Fsp3) is 0.417. The van der Waals surface area contributed by atoms with E-state index < -0.39 is 10.0 Å². The molecule has 0 saturated carbocycles. The highest BCUT2D eigenvalue weighted by atomic mass is 32.2. The number of sulfonamides is 1. The first-order chi connectivity index (χ1) is 8.81. The zero-order valence-electron chi connectivity index (χ0n) is 11.0. The number of aryl methyl sites for hydroxylation is 1. The van der Waals surface area contributed by atoms with E-state index >= 15 is 0 Å². The van der Waals surface area contributed by atoms with Gasteiger partial charge in [0.15, 0.2) is 0 Å². The summed E-state index contributed by atoms with van der Waals surface area (Å²) >= 11 is 1.05. The topological polar surface area (TPSA) is 68.2 Å². The molecule has 104 valence electrons. The summed E-state index contributed by atoms with van der Waals surface area (Å²) in [4.78, 5) is 11.6. The number of thiazole rings is 1. The molecule has 2 rings (SSSR count). The summed E-state index contributed by atoms with van der Waals surface area (Å²) in [6, 6.07) is 4.73. The zero-order valence-corrected chi connectivity index (χ0v) is 12.6. The van der Waals surface area contributed by atoms with Gasteiger partial charge in [-0.3, -0.25) is 4.79 Å². The summed E-state index contributed by atoms with van der Waals surface area (Å²) in [6.45, 7) is 4.27. The average molecular weight is 300 g/mol. The average Bonchev–Trinajstić information content (AvgIpc) is 2.62. The fourth-order valence-corrected chi connectivity index (χ4v) is 3.87. The molecule has 0 aliphatic heterocycles. The Bertz CT molecular complexity index is 757. The molecule has 0 aliphatic carbocycles. The van der Waals surface area contributed by atoms with Crippen LogP contribution >= 0.6 is 11.3 Å². The molecule has 0 spiro atoms. The molecule has 1 N–H and O–H groups in total. The van der Waals surface area contributed by atoms with Crippen molar-refractivity contribution in [1.82, 2.24) is 9.29 Å². The predicted molar refractivity (Wildman–Crippen MR) is 77.1 cm³/mol. The van der Waals surface area contributed by atoms with Gasteiger partial charge < -0.3 is 4.57 Å². The van der Waals surface area contributed by atoms with Crippen molar-refractivity contribution in [3.05, 3.63) is 27.9 Å². The number of rotatable bonds is 4.